The SMILES string of the molecule is COCCn1nc2n(c1=O)CC1(CCN(C(=O)CCC3CCCC3)C1)OC2. The molecule has 1 aliphatic carbocycles. The number of ether oxygens (including phenoxy) is 2. The van der Waals surface area contributed by atoms with Gasteiger partial charge in [0.05, 0.1) is 26.2 Å². The fourth-order valence-electron chi connectivity index (χ4n) is 4.72. The van der Waals surface area contributed by atoms with E-state index in [0.717, 1.165) is 18.8 Å². The molecule has 8 heteroatoms. The smallest absolute Gasteiger partial charge is 0.346 e. The highest BCUT2D eigenvalue weighted by molar-refractivity contribution is 5.76. The molecule has 0 aromatic carbocycles. The van der Waals surface area contributed by atoms with Gasteiger partial charge in [-0.2, -0.15) is 5.10 Å². The molecule has 8 nitrogen and oxygen atoms in total. The Morgan fingerprint density at radius 2 is 2.15 bits per heavy atom. The van der Waals surface area contributed by atoms with E-state index in [9.17, 15) is 9.59 Å². The van der Waals surface area contributed by atoms with Gasteiger partial charge in [0.1, 0.15) is 12.2 Å². The molecule has 2 fully saturated rings. The lowest BCUT2D eigenvalue weighted by Gasteiger charge is -2.33. The summed E-state index contributed by atoms with van der Waals surface area (Å²) >= 11 is 0. The number of hydrogen-bond acceptors (Lipinski definition) is 5. The Labute approximate surface area is 159 Å². The first-order valence-corrected chi connectivity index (χ1v) is 10.2. The number of rotatable bonds is 6. The second-order valence-electron chi connectivity index (χ2n) is 8.23. The van der Waals surface area contributed by atoms with E-state index in [0.29, 0.717) is 51.6 Å². The van der Waals surface area contributed by atoms with Crippen molar-refractivity contribution in [1.29, 1.82) is 0 Å². The third-order valence-electron chi connectivity index (χ3n) is 6.37. The highest BCUT2D eigenvalue weighted by Gasteiger charge is 2.44. The lowest BCUT2D eigenvalue weighted by atomic mass is 10.0. The van der Waals surface area contributed by atoms with Crippen LogP contribution in [0.4, 0.5) is 0 Å². The van der Waals surface area contributed by atoms with Gasteiger partial charge in [-0.05, 0) is 18.8 Å². The summed E-state index contributed by atoms with van der Waals surface area (Å²) in [5, 5.41) is 4.35. The van der Waals surface area contributed by atoms with Crippen LogP contribution < -0.4 is 5.69 Å². The Bertz CT molecular complexity index is 737. The molecule has 0 bridgehead atoms. The van der Waals surface area contributed by atoms with Gasteiger partial charge >= 0.3 is 5.69 Å². The van der Waals surface area contributed by atoms with Crippen LogP contribution in [0.3, 0.4) is 0 Å². The van der Waals surface area contributed by atoms with E-state index < -0.39 is 5.60 Å². The Morgan fingerprint density at radius 1 is 1.33 bits per heavy atom. The average Bonchev–Trinajstić information content (AvgIpc) is 3.40. The summed E-state index contributed by atoms with van der Waals surface area (Å²) in [5.74, 6) is 1.62. The van der Waals surface area contributed by atoms with Gasteiger partial charge in [-0.1, -0.05) is 25.7 Å². The van der Waals surface area contributed by atoms with Gasteiger partial charge in [-0.3, -0.25) is 9.36 Å². The van der Waals surface area contributed by atoms with Crippen LogP contribution in [0, 0.1) is 5.92 Å². The summed E-state index contributed by atoms with van der Waals surface area (Å²) in [5.41, 5.74) is -0.564. The molecule has 0 radical (unpaired) electrons. The Hall–Kier alpha value is -1.67. The van der Waals surface area contributed by atoms with Crippen LogP contribution in [0.5, 0.6) is 0 Å². The number of carbonyl (C=O) groups is 1. The van der Waals surface area contributed by atoms with Crippen molar-refractivity contribution in [2.24, 2.45) is 5.92 Å². The van der Waals surface area contributed by atoms with E-state index in [2.05, 4.69) is 5.10 Å². The molecule has 1 aromatic heterocycles. The standard InChI is InChI=1S/C19H30N4O4/c1-26-11-10-23-18(25)22-14-19(27-12-16(22)20-23)8-9-21(13-19)17(24)7-6-15-4-2-3-5-15/h15H,2-14H2,1H3. The van der Waals surface area contributed by atoms with E-state index in [1.165, 1.54) is 30.4 Å². The fraction of sp³-hybridized carbons (Fsp3) is 0.842. The Balaban J connectivity index is 1.37. The van der Waals surface area contributed by atoms with Crippen molar-refractivity contribution in [3.63, 3.8) is 0 Å². The van der Waals surface area contributed by atoms with Crippen molar-refractivity contribution in [3.8, 4) is 0 Å². The molecule has 3 heterocycles. The minimum atomic E-state index is -0.449. The topological polar surface area (TPSA) is 78.6 Å². The van der Waals surface area contributed by atoms with Crippen molar-refractivity contribution in [2.45, 2.75) is 70.2 Å². The number of aromatic nitrogens is 3. The largest absolute Gasteiger partial charge is 0.383 e. The Kier molecular flexibility index (Phi) is 5.36. The van der Waals surface area contributed by atoms with Crippen molar-refractivity contribution in [1.82, 2.24) is 19.2 Å². The second-order valence-corrected chi connectivity index (χ2v) is 8.23. The molecule has 1 saturated carbocycles. The lowest BCUT2D eigenvalue weighted by molar-refractivity contribution is -0.133. The molecule has 1 spiro atoms. The van der Waals surface area contributed by atoms with Gasteiger partial charge in [-0.25, -0.2) is 9.48 Å². The van der Waals surface area contributed by atoms with Crippen molar-refractivity contribution in [3.05, 3.63) is 16.3 Å². The monoisotopic (exact) mass is 378 g/mol. The molecule has 0 N–H and O–H groups in total. The summed E-state index contributed by atoms with van der Waals surface area (Å²) in [6, 6.07) is 0. The molecule has 150 valence electrons. The van der Waals surface area contributed by atoms with Gasteiger partial charge in [-0.15, -0.1) is 0 Å². The number of fused-ring (bicyclic) bond motifs is 1. The van der Waals surface area contributed by atoms with Crippen molar-refractivity contribution < 1.29 is 14.3 Å². The van der Waals surface area contributed by atoms with Crippen LogP contribution in [0.1, 0.15) is 50.8 Å². The molecule has 1 saturated heterocycles. The highest BCUT2D eigenvalue weighted by atomic mass is 16.5. The minimum absolute atomic E-state index is 0.115. The van der Waals surface area contributed by atoms with Crippen LogP contribution in [-0.2, 0) is 34.0 Å². The first-order valence-electron chi connectivity index (χ1n) is 10.2. The highest BCUT2D eigenvalue weighted by Crippen LogP contribution is 2.33. The normalized spacial score (nSPS) is 25.4. The third kappa shape index (κ3) is 3.82. The first kappa shape index (κ1) is 18.7. The summed E-state index contributed by atoms with van der Waals surface area (Å²) in [4.78, 5) is 27.2. The van der Waals surface area contributed by atoms with Gasteiger partial charge in [0.2, 0.25) is 5.91 Å². The van der Waals surface area contributed by atoms with Crippen molar-refractivity contribution in [2.75, 3.05) is 26.8 Å². The molecule has 2 aliphatic heterocycles. The van der Waals surface area contributed by atoms with E-state index in [-0.39, 0.29) is 11.6 Å². The zero-order valence-corrected chi connectivity index (χ0v) is 16.2. The number of likely N-dealkylation sites (tertiary alicyclic amines) is 1. The number of methoxy groups -OCH3 is 1. The summed E-state index contributed by atoms with van der Waals surface area (Å²) < 4.78 is 14.3. The molecular weight excluding hydrogens is 348 g/mol. The van der Waals surface area contributed by atoms with E-state index in [1.807, 2.05) is 4.90 Å². The molecule has 4 rings (SSSR count). The molecule has 3 aliphatic rings. The zero-order valence-electron chi connectivity index (χ0n) is 16.2. The van der Waals surface area contributed by atoms with Gasteiger partial charge in [0.15, 0.2) is 5.82 Å². The number of carbonyl (C=O) groups excluding carboxylic acids is 1. The van der Waals surface area contributed by atoms with E-state index in [4.69, 9.17) is 9.47 Å². The van der Waals surface area contributed by atoms with Crippen LogP contribution in [0.2, 0.25) is 0 Å². The molecule has 1 atom stereocenters. The lowest BCUT2D eigenvalue weighted by Crippen LogP contribution is -2.47. The molecule has 27 heavy (non-hydrogen) atoms. The van der Waals surface area contributed by atoms with Gasteiger partial charge < -0.3 is 14.4 Å². The maximum atomic E-state index is 12.6. The predicted octanol–water partition coefficient (Wildman–Crippen LogP) is 1.16. The zero-order chi connectivity index (χ0) is 18.9. The predicted molar refractivity (Wildman–Crippen MR) is 98.3 cm³/mol. The molecule has 1 amide bonds. The van der Waals surface area contributed by atoms with Crippen LogP contribution in [0.15, 0.2) is 4.79 Å². The number of hydrogen-bond donors (Lipinski definition) is 0. The van der Waals surface area contributed by atoms with Gasteiger partial charge in [0.25, 0.3) is 0 Å². The third-order valence-corrected chi connectivity index (χ3v) is 6.37. The molecule has 1 unspecified atom stereocenters. The average molecular weight is 378 g/mol. The van der Waals surface area contributed by atoms with Crippen molar-refractivity contribution >= 4 is 5.91 Å². The first-order chi connectivity index (χ1) is 13.1. The van der Waals surface area contributed by atoms with E-state index >= 15 is 0 Å². The summed E-state index contributed by atoms with van der Waals surface area (Å²) in [7, 11) is 1.61. The van der Waals surface area contributed by atoms with Crippen LogP contribution in [-0.4, -0.2) is 57.6 Å². The maximum absolute atomic E-state index is 12.6. The van der Waals surface area contributed by atoms with Crippen LogP contribution in [0.25, 0.3) is 0 Å². The quantitative estimate of drug-likeness (QED) is 0.742. The summed E-state index contributed by atoms with van der Waals surface area (Å²) in [6.45, 7) is 2.97. The Morgan fingerprint density at radius 3 is 2.93 bits per heavy atom. The number of nitrogens with zero attached hydrogens (tertiary/aromatic N) is 4. The number of amides is 1. The van der Waals surface area contributed by atoms with Crippen LogP contribution >= 0.6 is 0 Å². The fourth-order valence-corrected chi connectivity index (χ4v) is 4.72. The molecular formula is C19H30N4O4. The van der Waals surface area contributed by atoms with E-state index in [1.54, 1.807) is 11.7 Å². The maximum Gasteiger partial charge on any atom is 0.346 e. The second kappa shape index (κ2) is 7.75. The summed E-state index contributed by atoms with van der Waals surface area (Å²) in [6.07, 6.45) is 7.61. The molecule has 1 aromatic rings. The van der Waals surface area contributed by atoms with Gasteiger partial charge in [0, 0.05) is 20.1 Å². The minimum Gasteiger partial charge on any atom is -0.383 e.